The van der Waals surface area contributed by atoms with Crippen molar-refractivity contribution in [3.63, 3.8) is 0 Å². The lowest BCUT2D eigenvalue weighted by Gasteiger charge is -2.21. The molecular formula is C15H23NO. The summed E-state index contributed by atoms with van der Waals surface area (Å²) < 4.78 is 5.45. The molecule has 2 atom stereocenters. The van der Waals surface area contributed by atoms with Crippen LogP contribution in [0, 0.1) is 5.92 Å². The molecule has 1 aromatic carbocycles. The fourth-order valence-electron chi connectivity index (χ4n) is 2.59. The van der Waals surface area contributed by atoms with Gasteiger partial charge in [0.05, 0.1) is 6.61 Å². The summed E-state index contributed by atoms with van der Waals surface area (Å²) in [7, 11) is 0. The third-order valence-electron chi connectivity index (χ3n) is 3.83. The van der Waals surface area contributed by atoms with Crippen molar-refractivity contribution < 1.29 is 4.74 Å². The first-order valence-electron chi connectivity index (χ1n) is 6.71. The first kappa shape index (κ1) is 12.6. The summed E-state index contributed by atoms with van der Waals surface area (Å²) in [6.07, 6.45) is 3.23. The summed E-state index contributed by atoms with van der Waals surface area (Å²) in [6, 6.07) is 6.89. The molecule has 1 aromatic rings. The van der Waals surface area contributed by atoms with E-state index in [1.54, 1.807) is 0 Å². The maximum Gasteiger partial charge on any atom is 0.0513 e. The van der Waals surface area contributed by atoms with Crippen LogP contribution in [0.1, 0.15) is 43.0 Å². The van der Waals surface area contributed by atoms with Crippen LogP contribution in [0.15, 0.2) is 18.2 Å². The quantitative estimate of drug-likeness (QED) is 0.868. The van der Waals surface area contributed by atoms with Crippen molar-refractivity contribution in [3.05, 3.63) is 34.9 Å². The SMILES string of the molecule is CCc1ccc(CC)c(C(N)C2CCOC2)c1. The number of benzene rings is 1. The molecule has 2 rings (SSSR count). The zero-order chi connectivity index (χ0) is 12.3. The van der Waals surface area contributed by atoms with Gasteiger partial charge >= 0.3 is 0 Å². The molecule has 0 spiro atoms. The summed E-state index contributed by atoms with van der Waals surface area (Å²) in [4.78, 5) is 0. The van der Waals surface area contributed by atoms with E-state index in [0.717, 1.165) is 32.5 Å². The lowest BCUT2D eigenvalue weighted by molar-refractivity contribution is 0.181. The molecule has 2 N–H and O–H groups in total. The van der Waals surface area contributed by atoms with Crippen LogP contribution in [0.3, 0.4) is 0 Å². The van der Waals surface area contributed by atoms with Crippen LogP contribution >= 0.6 is 0 Å². The van der Waals surface area contributed by atoms with Gasteiger partial charge in [-0.25, -0.2) is 0 Å². The highest BCUT2D eigenvalue weighted by Gasteiger charge is 2.25. The standard InChI is InChI=1S/C15H23NO/c1-3-11-5-6-12(4-2)14(9-11)15(16)13-7-8-17-10-13/h5-6,9,13,15H,3-4,7-8,10,16H2,1-2H3. The largest absolute Gasteiger partial charge is 0.381 e. The minimum Gasteiger partial charge on any atom is -0.381 e. The van der Waals surface area contributed by atoms with Crippen molar-refractivity contribution in [1.29, 1.82) is 0 Å². The highest BCUT2D eigenvalue weighted by molar-refractivity contribution is 5.35. The lowest BCUT2D eigenvalue weighted by Crippen LogP contribution is -2.23. The van der Waals surface area contributed by atoms with E-state index in [1.165, 1.54) is 16.7 Å². The Kier molecular flexibility index (Phi) is 4.19. The Hall–Kier alpha value is -0.860. The first-order chi connectivity index (χ1) is 8.26. The minimum atomic E-state index is 0.138. The summed E-state index contributed by atoms with van der Waals surface area (Å²) >= 11 is 0. The van der Waals surface area contributed by atoms with E-state index in [4.69, 9.17) is 10.5 Å². The summed E-state index contributed by atoms with van der Waals surface area (Å²) in [5.74, 6) is 0.493. The zero-order valence-corrected chi connectivity index (χ0v) is 10.9. The summed E-state index contributed by atoms with van der Waals surface area (Å²) in [5.41, 5.74) is 10.5. The van der Waals surface area contributed by atoms with Crippen molar-refractivity contribution >= 4 is 0 Å². The lowest BCUT2D eigenvalue weighted by atomic mass is 9.88. The third kappa shape index (κ3) is 2.70. The number of hydrogen-bond donors (Lipinski definition) is 1. The van der Waals surface area contributed by atoms with Gasteiger partial charge < -0.3 is 10.5 Å². The Balaban J connectivity index is 2.27. The van der Waals surface area contributed by atoms with Crippen LogP contribution in [0.4, 0.5) is 0 Å². The molecule has 0 aromatic heterocycles. The van der Waals surface area contributed by atoms with Crippen molar-refractivity contribution in [2.45, 2.75) is 39.2 Å². The second-order valence-corrected chi connectivity index (χ2v) is 4.89. The van der Waals surface area contributed by atoms with Crippen LogP contribution in [-0.4, -0.2) is 13.2 Å². The van der Waals surface area contributed by atoms with E-state index >= 15 is 0 Å². The Morgan fingerprint density at radius 3 is 2.76 bits per heavy atom. The number of nitrogens with two attached hydrogens (primary N) is 1. The van der Waals surface area contributed by atoms with E-state index < -0.39 is 0 Å². The molecule has 94 valence electrons. The molecule has 2 heteroatoms. The van der Waals surface area contributed by atoms with E-state index in [1.807, 2.05) is 0 Å². The van der Waals surface area contributed by atoms with Crippen molar-refractivity contribution in [2.75, 3.05) is 13.2 Å². The van der Waals surface area contributed by atoms with E-state index in [9.17, 15) is 0 Å². The van der Waals surface area contributed by atoms with Gasteiger partial charge in [0.2, 0.25) is 0 Å². The molecule has 0 radical (unpaired) electrons. The molecule has 0 aliphatic carbocycles. The molecule has 0 saturated carbocycles. The average Bonchev–Trinajstić information content (AvgIpc) is 2.91. The Labute approximate surface area is 104 Å². The molecule has 1 fully saturated rings. The molecule has 17 heavy (non-hydrogen) atoms. The Bertz CT molecular complexity index is 369. The smallest absolute Gasteiger partial charge is 0.0513 e. The van der Waals surface area contributed by atoms with Gasteiger partial charge in [-0.2, -0.15) is 0 Å². The normalized spacial score (nSPS) is 21.7. The number of rotatable bonds is 4. The van der Waals surface area contributed by atoms with Crippen LogP contribution in [0.5, 0.6) is 0 Å². The maximum atomic E-state index is 6.42. The van der Waals surface area contributed by atoms with Crippen LogP contribution < -0.4 is 5.73 Å². The highest BCUT2D eigenvalue weighted by atomic mass is 16.5. The van der Waals surface area contributed by atoms with Gasteiger partial charge in [-0.15, -0.1) is 0 Å². The molecule has 1 aliphatic heterocycles. The maximum absolute atomic E-state index is 6.42. The second kappa shape index (κ2) is 5.65. The number of aryl methyl sites for hydroxylation is 2. The van der Waals surface area contributed by atoms with Crippen molar-refractivity contribution in [3.8, 4) is 0 Å². The predicted molar refractivity (Wildman–Crippen MR) is 71.1 cm³/mol. The monoisotopic (exact) mass is 233 g/mol. The second-order valence-electron chi connectivity index (χ2n) is 4.89. The van der Waals surface area contributed by atoms with Crippen LogP contribution in [0.2, 0.25) is 0 Å². The highest BCUT2D eigenvalue weighted by Crippen LogP contribution is 2.29. The zero-order valence-electron chi connectivity index (χ0n) is 10.9. The Morgan fingerprint density at radius 2 is 2.18 bits per heavy atom. The first-order valence-corrected chi connectivity index (χ1v) is 6.71. The fourth-order valence-corrected chi connectivity index (χ4v) is 2.59. The topological polar surface area (TPSA) is 35.2 Å². The van der Waals surface area contributed by atoms with Gasteiger partial charge in [-0.05, 0) is 36.0 Å². The van der Waals surface area contributed by atoms with Crippen molar-refractivity contribution in [1.82, 2.24) is 0 Å². The molecule has 0 bridgehead atoms. The number of ether oxygens (including phenoxy) is 1. The predicted octanol–water partition coefficient (Wildman–Crippen LogP) is 2.85. The van der Waals surface area contributed by atoms with Crippen molar-refractivity contribution in [2.24, 2.45) is 11.7 Å². The molecule has 1 heterocycles. The van der Waals surface area contributed by atoms with Crippen LogP contribution in [-0.2, 0) is 17.6 Å². The van der Waals surface area contributed by atoms with E-state index in [-0.39, 0.29) is 6.04 Å². The third-order valence-corrected chi connectivity index (χ3v) is 3.83. The van der Waals surface area contributed by atoms with Gasteiger partial charge in [-0.3, -0.25) is 0 Å². The molecule has 0 amide bonds. The number of hydrogen-bond acceptors (Lipinski definition) is 2. The molecular weight excluding hydrogens is 210 g/mol. The van der Waals surface area contributed by atoms with E-state index in [2.05, 4.69) is 32.0 Å². The Morgan fingerprint density at radius 1 is 1.35 bits per heavy atom. The fraction of sp³-hybridized carbons (Fsp3) is 0.600. The van der Waals surface area contributed by atoms with E-state index in [0.29, 0.717) is 5.92 Å². The molecule has 2 nitrogen and oxygen atoms in total. The molecule has 1 saturated heterocycles. The van der Waals surface area contributed by atoms with Gasteiger partial charge in [0, 0.05) is 18.6 Å². The summed E-state index contributed by atoms with van der Waals surface area (Å²) in [5, 5.41) is 0. The van der Waals surface area contributed by atoms with Gasteiger partial charge in [0.25, 0.3) is 0 Å². The van der Waals surface area contributed by atoms with Gasteiger partial charge in [0.1, 0.15) is 0 Å². The summed E-state index contributed by atoms with van der Waals surface area (Å²) in [6.45, 7) is 6.07. The minimum absolute atomic E-state index is 0.138. The molecule has 1 aliphatic rings. The van der Waals surface area contributed by atoms with Crippen LogP contribution in [0.25, 0.3) is 0 Å². The van der Waals surface area contributed by atoms with Gasteiger partial charge in [-0.1, -0.05) is 32.0 Å². The average molecular weight is 233 g/mol. The van der Waals surface area contributed by atoms with Gasteiger partial charge in [0.15, 0.2) is 0 Å². The molecule has 2 unspecified atom stereocenters.